The van der Waals surface area contributed by atoms with Crippen molar-refractivity contribution in [2.24, 2.45) is 5.92 Å². The summed E-state index contributed by atoms with van der Waals surface area (Å²) in [5.41, 5.74) is 2.73. The lowest BCUT2D eigenvalue weighted by atomic mass is 9.91. The Hall–Kier alpha value is -1.81. The molecule has 2 fully saturated rings. The van der Waals surface area contributed by atoms with Crippen LogP contribution in [0.5, 0.6) is 0 Å². The van der Waals surface area contributed by atoms with Crippen LogP contribution in [0, 0.1) is 5.92 Å². The molecule has 2 saturated carbocycles. The molecule has 0 unspecified atom stereocenters. The Bertz CT molecular complexity index is 562. The van der Waals surface area contributed by atoms with E-state index in [-0.39, 0.29) is 6.04 Å². The number of rotatable bonds is 5. The predicted octanol–water partition coefficient (Wildman–Crippen LogP) is 3.65. The van der Waals surface area contributed by atoms with E-state index in [1.807, 2.05) is 6.07 Å². The molecule has 4 nitrogen and oxygen atoms in total. The van der Waals surface area contributed by atoms with Crippen LogP contribution in [0.4, 0.5) is 4.79 Å². The van der Waals surface area contributed by atoms with Gasteiger partial charge in [-0.25, -0.2) is 4.79 Å². The molecule has 3 rings (SSSR count). The molecule has 4 heteroatoms. The molecule has 1 aromatic rings. The fraction of sp³-hybridized carbons (Fsp3) is 0.526. The van der Waals surface area contributed by atoms with Gasteiger partial charge in [0.15, 0.2) is 0 Å². The van der Waals surface area contributed by atoms with Crippen LogP contribution >= 0.6 is 0 Å². The average Bonchev–Trinajstić information content (AvgIpc) is 3.29. The van der Waals surface area contributed by atoms with E-state index < -0.39 is 6.09 Å². The number of amides is 1. The van der Waals surface area contributed by atoms with Crippen molar-refractivity contribution < 1.29 is 9.90 Å². The van der Waals surface area contributed by atoms with Crippen LogP contribution in [-0.2, 0) is 0 Å². The molecule has 1 aromatic carbocycles. The first-order valence-corrected chi connectivity index (χ1v) is 8.60. The third-order valence-electron chi connectivity index (χ3n) is 5.07. The molecule has 23 heavy (non-hydrogen) atoms. The fourth-order valence-electron chi connectivity index (χ4n) is 3.68. The smallest absolute Gasteiger partial charge is 0.404 e. The van der Waals surface area contributed by atoms with E-state index in [9.17, 15) is 4.79 Å². The number of carbonyl (C=O) groups is 1. The lowest BCUT2D eigenvalue weighted by molar-refractivity contribution is 0.183. The summed E-state index contributed by atoms with van der Waals surface area (Å²) in [7, 11) is 0. The molecule has 2 atom stereocenters. The first-order valence-electron chi connectivity index (χ1n) is 8.60. The Morgan fingerprint density at radius 1 is 1.13 bits per heavy atom. The third kappa shape index (κ3) is 4.58. The zero-order valence-electron chi connectivity index (χ0n) is 13.7. The maximum atomic E-state index is 10.7. The minimum Gasteiger partial charge on any atom is -0.465 e. The average molecular weight is 314 g/mol. The van der Waals surface area contributed by atoms with E-state index in [0.717, 1.165) is 25.7 Å². The molecule has 0 radical (unpaired) electrons. The minimum absolute atomic E-state index is 0.139. The zero-order valence-corrected chi connectivity index (χ0v) is 13.7. The van der Waals surface area contributed by atoms with Gasteiger partial charge in [-0.1, -0.05) is 42.0 Å². The van der Waals surface area contributed by atoms with E-state index in [1.54, 1.807) is 0 Å². The number of hydrogen-bond donors (Lipinski definition) is 3. The quantitative estimate of drug-likeness (QED) is 0.777. The van der Waals surface area contributed by atoms with Crippen LogP contribution in [0.3, 0.4) is 0 Å². The molecule has 0 heterocycles. The van der Waals surface area contributed by atoms with Gasteiger partial charge in [-0.3, -0.25) is 0 Å². The van der Waals surface area contributed by atoms with Gasteiger partial charge in [0.25, 0.3) is 0 Å². The molecule has 0 bridgehead atoms. The monoisotopic (exact) mass is 314 g/mol. The molecule has 0 aliphatic heterocycles. The van der Waals surface area contributed by atoms with Gasteiger partial charge in [-0.15, -0.1) is 0 Å². The molecule has 0 aromatic heterocycles. The van der Waals surface area contributed by atoms with Gasteiger partial charge in [0.1, 0.15) is 0 Å². The Morgan fingerprint density at radius 3 is 2.43 bits per heavy atom. The van der Waals surface area contributed by atoms with E-state index in [0.29, 0.717) is 18.0 Å². The van der Waals surface area contributed by atoms with Crippen LogP contribution in [-0.4, -0.2) is 29.3 Å². The van der Waals surface area contributed by atoms with Gasteiger partial charge < -0.3 is 15.7 Å². The molecule has 2 aliphatic carbocycles. The van der Waals surface area contributed by atoms with Crippen molar-refractivity contribution in [2.75, 3.05) is 0 Å². The topological polar surface area (TPSA) is 61.4 Å². The predicted molar refractivity (Wildman–Crippen MR) is 92.3 cm³/mol. The first-order chi connectivity index (χ1) is 11.1. The van der Waals surface area contributed by atoms with Gasteiger partial charge in [-0.05, 0) is 50.5 Å². The number of carboxylic acid groups (broad SMARTS) is 1. The van der Waals surface area contributed by atoms with Gasteiger partial charge in [0, 0.05) is 18.1 Å². The molecule has 1 amide bonds. The van der Waals surface area contributed by atoms with E-state index in [1.165, 1.54) is 17.6 Å². The van der Waals surface area contributed by atoms with Crippen molar-refractivity contribution in [1.82, 2.24) is 10.6 Å². The van der Waals surface area contributed by atoms with Gasteiger partial charge >= 0.3 is 6.09 Å². The summed E-state index contributed by atoms with van der Waals surface area (Å²) in [5, 5.41) is 15.1. The summed E-state index contributed by atoms with van der Waals surface area (Å²) in [6, 6.07) is 11.8. The third-order valence-corrected chi connectivity index (χ3v) is 5.07. The van der Waals surface area contributed by atoms with Crippen molar-refractivity contribution >= 4 is 12.2 Å². The van der Waals surface area contributed by atoms with Gasteiger partial charge in [0.2, 0.25) is 0 Å². The zero-order chi connectivity index (χ0) is 16.2. The number of hydrogen-bond acceptors (Lipinski definition) is 2. The molecule has 0 saturated heterocycles. The Morgan fingerprint density at radius 2 is 1.78 bits per heavy atom. The molecule has 2 aliphatic rings. The highest BCUT2D eigenvalue weighted by Crippen LogP contribution is 2.39. The Labute approximate surface area is 138 Å². The Kier molecular flexibility index (Phi) is 5.01. The number of benzene rings is 1. The van der Waals surface area contributed by atoms with E-state index >= 15 is 0 Å². The second kappa shape index (κ2) is 7.18. The SMILES string of the molecule is CC(=Cc1ccccc1)[C@H]1C[C@@H]1NC1CCC(NC(=O)O)CC1. The van der Waals surface area contributed by atoms with Crippen molar-refractivity contribution in [3.8, 4) is 0 Å². The molecular weight excluding hydrogens is 288 g/mol. The van der Waals surface area contributed by atoms with Crippen molar-refractivity contribution in [1.29, 1.82) is 0 Å². The lowest BCUT2D eigenvalue weighted by Crippen LogP contribution is -2.42. The number of nitrogens with one attached hydrogen (secondary N) is 2. The fourth-order valence-corrected chi connectivity index (χ4v) is 3.68. The van der Waals surface area contributed by atoms with Gasteiger partial charge in [-0.2, -0.15) is 0 Å². The minimum atomic E-state index is -0.898. The van der Waals surface area contributed by atoms with Crippen LogP contribution < -0.4 is 10.6 Å². The van der Waals surface area contributed by atoms with Crippen molar-refractivity contribution in [3.05, 3.63) is 41.5 Å². The largest absolute Gasteiger partial charge is 0.465 e. The van der Waals surface area contributed by atoms with Crippen molar-refractivity contribution in [3.63, 3.8) is 0 Å². The summed E-state index contributed by atoms with van der Waals surface area (Å²) in [4.78, 5) is 10.7. The highest BCUT2D eigenvalue weighted by Gasteiger charge is 2.39. The summed E-state index contributed by atoms with van der Waals surface area (Å²) in [6.45, 7) is 2.23. The maximum absolute atomic E-state index is 10.7. The highest BCUT2D eigenvalue weighted by molar-refractivity contribution is 5.64. The first kappa shape index (κ1) is 16.1. The summed E-state index contributed by atoms with van der Waals surface area (Å²) in [6.07, 6.45) is 6.64. The van der Waals surface area contributed by atoms with Crippen LogP contribution in [0.25, 0.3) is 6.08 Å². The van der Waals surface area contributed by atoms with E-state index in [4.69, 9.17) is 5.11 Å². The Balaban J connectivity index is 1.43. The molecular formula is C19H26N2O2. The van der Waals surface area contributed by atoms with Gasteiger partial charge in [0.05, 0.1) is 0 Å². The van der Waals surface area contributed by atoms with Crippen LogP contribution in [0.1, 0.15) is 44.6 Å². The normalized spacial score (nSPS) is 30.7. The summed E-state index contributed by atoms with van der Waals surface area (Å²) < 4.78 is 0. The van der Waals surface area contributed by atoms with E-state index in [2.05, 4.69) is 47.9 Å². The molecule has 3 N–H and O–H groups in total. The standard InChI is InChI=1S/C19H26N2O2/c1-13(11-14-5-3-2-4-6-14)17-12-18(17)20-15-7-9-16(10-8-15)21-19(22)23/h2-6,11,15-18,20-21H,7-10,12H2,1H3,(H,22,23)/t15?,16?,17-,18+/m1/s1. The van der Waals surface area contributed by atoms with Crippen LogP contribution in [0.15, 0.2) is 35.9 Å². The van der Waals surface area contributed by atoms with Crippen molar-refractivity contribution in [2.45, 2.75) is 57.2 Å². The van der Waals surface area contributed by atoms with Crippen LogP contribution in [0.2, 0.25) is 0 Å². The maximum Gasteiger partial charge on any atom is 0.404 e. The second-order valence-corrected chi connectivity index (χ2v) is 6.91. The second-order valence-electron chi connectivity index (χ2n) is 6.91. The molecule has 124 valence electrons. The summed E-state index contributed by atoms with van der Waals surface area (Å²) in [5.74, 6) is 0.657. The lowest BCUT2D eigenvalue weighted by Gasteiger charge is -2.29. The molecule has 0 spiro atoms. The summed E-state index contributed by atoms with van der Waals surface area (Å²) >= 11 is 0. The highest BCUT2D eigenvalue weighted by atomic mass is 16.4.